The molecule has 158 valence electrons. The van der Waals surface area contributed by atoms with Crippen molar-refractivity contribution in [2.75, 3.05) is 14.1 Å². The number of carboxylic acids is 1. The van der Waals surface area contributed by atoms with Crippen molar-refractivity contribution in [1.29, 1.82) is 0 Å². The first-order chi connectivity index (χ1) is 12.4. The zero-order valence-electron chi connectivity index (χ0n) is 18.2. The molecule has 0 rings (SSSR count). The lowest BCUT2D eigenvalue weighted by molar-refractivity contribution is -0.907. The molecule has 26 heavy (non-hydrogen) atoms. The number of hydrogen-bond donors (Lipinski definition) is 2. The first-order valence-electron chi connectivity index (χ1n) is 11.1. The minimum absolute atomic E-state index is 0.231. The summed E-state index contributed by atoms with van der Waals surface area (Å²) in [4.78, 5) is 11.3. The van der Waals surface area contributed by atoms with Gasteiger partial charge in [0.25, 0.3) is 0 Å². The first kappa shape index (κ1) is 27.6. The van der Waals surface area contributed by atoms with E-state index in [1.165, 1.54) is 83.5 Å². The molecule has 0 aromatic rings. The minimum Gasteiger partial charge on any atom is -0.550 e. The predicted octanol–water partition coefficient (Wildman–Crippen LogP) is 3.47. The van der Waals surface area contributed by atoms with Crippen molar-refractivity contribution in [3.05, 3.63) is 0 Å². The fourth-order valence-electron chi connectivity index (χ4n) is 2.64. The van der Waals surface area contributed by atoms with Crippen molar-refractivity contribution < 1.29 is 19.9 Å². The average Bonchev–Trinajstić information content (AvgIpc) is 2.58. The molecule has 0 aromatic heterocycles. The van der Waals surface area contributed by atoms with E-state index in [2.05, 4.69) is 6.92 Å². The summed E-state index contributed by atoms with van der Waals surface area (Å²) in [6, 6.07) is 0. The van der Waals surface area contributed by atoms with Crippen LogP contribution < -0.4 is 10.0 Å². The summed E-state index contributed by atoms with van der Waals surface area (Å²) in [6.45, 7) is 4.03. The number of aliphatic carboxylic acids is 1. The molecule has 0 fully saturated rings. The summed E-state index contributed by atoms with van der Waals surface area (Å²) in [5.41, 5.74) is 0. The Morgan fingerprint density at radius 3 is 1.27 bits per heavy atom. The van der Waals surface area contributed by atoms with E-state index in [0.717, 1.165) is 17.7 Å². The van der Waals surface area contributed by atoms with Gasteiger partial charge in [0.15, 0.2) is 6.23 Å². The smallest absolute Gasteiger partial charge is 0.185 e. The Morgan fingerprint density at radius 1 is 0.769 bits per heavy atom. The quantitative estimate of drug-likeness (QED) is 0.303. The molecule has 1 atom stereocenters. The molecule has 0 saturated carbocycles. The van der Waals surface area contributed by atoms with Crippen LogP contribution in [0, 0.1) is 0 Å². The van der Waals surface area contributed by atoms with Gasteiger partial charge >= 0.3 is 0 Å². The van der Waals surface area contributed by atoms with E-state index in [4.69, 9.17) is 5.11 Å². The van der Waals surface area contributed by atoms with E-state index in [-0.39, 0.29) is 12.6 Å². The number of aliphatic hydroxyl groups is 1. The van der Waals surface area contributed by atoms with Gasteiger partial charge in [-0.15, -0.1) is 0 Å². The Hall–Kier alpha value is -0.610. The van der Waals surface area contributed by atoms with Gasteiger partial charge in [0.05, 0.1) is 14.1 Å². The molecule has 1 unspecified atom stereocenters. The number of nitrogens with one attached hydrogen (secondary N) is 1. The van der Waals surface area contributed by atoms with Gasteiger partial charge in [0, 0.05) is 12.9 Å². The van der Waals surface area contributed by atoms with Crippen molar-refractivity contribution in [2.24, 2.45) is 0 Å². The summed E-state index contributed by atoms with van der Waals surface area (Å²) in [6.07, 6.45) is 19.6. The third-order valence-corrected chi connectivity index (χ3v) is 4.82. The number of aliphatic hydroxyl groups excluding tert-OH is 1. The zero-order chi connectivity index (χ0) is 20.0. The molecule has 0 amide bonds. The number of unbranched alkanes of at least 4 members (excludes halogenated alkanes) is 14. The van der Waals surface area contributed by atoms with E-state index >= 15 is 0 Å². The van der Waals surface area contributed by atoms with Crippen molar-refractivity contribution >= 4 is 5.97 Å². The van der Waals surface area contributed by atoms with E-state index < -0.39 is 5.97 Å². The van der Waals surface area contributed by atoms with Crippen molar-refractivity contribution in [2.45, 2.75) is 123 Å². The highest BCUT2D eigenvalue weighted by molar-refractivity contribution is 5.63. The molecule has 0 bridgehead atoms. The van der Waals surface area contributed by atoms with Crippen LogP contribution in [0.15, 0.2) is 0 Å². The van der Waals surface area contributed by atoms with E-state index in [9.17, 15) is 9.90 Å². The van der Waals surface area contributed by atoms with E-state index in [1.54, 1.807) is 6.92 Å². The van der Waals surface area contributed by atoms with Crippen LogP contribution >= 0.6 is 0 Å². The summed E-state index contributed by atoms with van der Waals surface area (Å²) in [5, 5.41) is 18.8. The summed E-state index contributed by atoms with van der Waals surface area (Å²) >= 11 is 0. The fourth-order valence-corrected chi connectivity index (χ4v) is 2.64. The van der Waals surface area contributed by atoms with Gasteiger partial charge < -0.3 is 19.9 Å². The van der Waals surface area contributed by atoms with Crippen LogP contribution in [0.4, 0.5) is 0 Å². The number of hydrogen-bond acceptors (Lipinski definition) is 3. The van der Waals surface area contributed by atoms with Gasteiger partial charge in [-0.2, -0.15) is 0 Å². The second-order valence-corrected chi connectivity index (χ2v) is 7.83. The van der Waals surface area contributed by atoms with Crippen LogP contribution in [0.2, 0.25) is 0 Å². The monoisotopic (exact) mass is 373 g/mol. The minimum atomic E-state index is -0.903. The molecule has 0 aromatic carbocycles. The zero-order valence-corrected chi connectivity index (χ0v) is 18.2. The SMILES string of the molecule is CC(O)[NH+](C)C.CCCCCCCCCCCCCCCCCC(=O)[O-]. The van der Waals surface area contributed by atoms with Gasteiger partial charge in [-0.25, -0.2) is 0 Å². The molecule has 4 nitrogen and oxygen atoms in total. The highest BCUT2D eigenvalue weighted by atomic mass is 16.4. The maximum absolute atomic E-state index is 10.2. The van der Waals surface area contributed by atoms with Crippen LogP contribution in [0.1, 0.15) is 117 Å². The highest BCUT2D eigenvalue weighted by Gasteiger charge is 1.96. The molecule has 4 heteroatoms. The molecular formula is C22H47NO3. The molecule has 0 spiro atoms. The van der Waals surface area contributed by atoms with Crippen LogP contribution in [-0.2, 0) is 4.79 Å². The standard InChI is InChI=1S/C18H36O2.C4H11NO/c1-2-3-4-5-6-7-8-9-10-11-12-13-14-15-16-17-18(19)20;1-4(6)5(2)3/h2-17H2,1H3,(H,19,20);4,6H,1-3H3. The van der Waals surface area contributed by atoms with E-state index in [1.807, 2.05) is 14.1 Å². The van der Waals surface area contributed by atoms with Gasteiger partial charge in [0.1, 0.15) is 0 Å². The maximum Gasteiger partial charge on any atom is 0.185 e. The van der Waals surface area contributed by atoms with Crippen LogP contribution in [0.3, 0.4) is 0 Å². The van der Waals surface area contributed by atoms with Crippen molar-refractivity contribution in [3.63, 3.8) is 0 Å². The third-order valence-electron chi connectivity index (χ3n) is 4.82. The lowest BCUT2D eigenvalue weighted by atomic mass is 10.0. The number of rotatable bonds is 17. The van der Waals surface area contributed by atoms with E-state index in [0.29, 0.717) is 0 Å². The maximum atomic E-state index is 10.2. The number of carbonyl (C=O) groups is 1. The molecule has 2 N–H and O–H groups in total. The van der Waals surface area contributed by atoms with Gasteiger partial charge in [-0.3, -0.25) is 0 Å². The Bertz CT molecular complexity index is 275. The van der Waals surface area contributed by atoms with Crippen molar-refractivity contribution in [3.8, 4) is 0 Å². The van der Waals surface area contributed by atoms with Crippen molar-refractivity contribution in [1.82, 2.24) is 0 Å². The largest absolute Gasteiger partial charge is 0.550 e. The summed E-state index contributed by atoms with van der Waals surface area (Å²) in [5.74, 6) is -0.903. The Morgan fingerprint density at radius 2 is 1.04 bits per heavy atom. The number of carbonyl (C=O) groups excluding carboxylic acids is 1. The van der Waals surface area contributed by atoms with Crippen LogP contribution in [0.5, 0.6) is 0 Å². The predicted molar refractivity (Wildman–Crippen MR) is 109 cm³/mol. The fraction of sp³-hybridized carbons (Fsp3) is 0.955. The molecule has 0 radical (unpaired) electrons. The molecule has 0 aliphatic rings. The number of quaternary nitrogens is 1. The lowest BCUT2D eigenvalue weighted by Crippen LogP contribution is -3.09. The van der Waals surface area contributed by atoms with Gasteiger partial charge in [-0.05, 0) is 12.8 Å². The first-order valence-corrected chi connectivity index (χ1v) is 11.1. The highest BCUT2D eigenvalue weighted by Crippen LogP contribution is 2.13. The third kappa shape index (κ3) is 28.2. The molecule has 0 aliphatic heterocycles. The Kier molecular flexibility index (Phi) is 23.8. The normalized spacial score (nSPS) is 11.9. The molecule has 0 aliphatic carbocycles. The van der Waals surface area contributed by atoms with Gasteiger partial charge in [-0.1, -0.05) is 96.8 Å². The van der Waals surface area contributed by atoms with Crippen LogP contribution in [0.25, 0.3) is 0 Å². The molecular weight excluding hydrogens is 326 g/mol. The second-order valence-electron chi connectivity index (χ2n) is 7.83. The second kappa shape index (κ2) is 22.4. The lowest BCUT2D eigenvalue weighted by Gasteiger charge is -2.08. The number of carboxylic acid groups (broad SMARTS) is 1. The molecule has 0 heterocycles. The van der Waals surface area contributed by atoms with Crippen LogP contribution in [-0.4, -0.2) is 31.4 Å². The summed E-state index contributed by atoms with van der Waals surface area (Å²) in [7, 11) is 3.81. The summed E-state index contributed by atoms with van der Waals surface area (Å²) < 4.78 is 0. The topological polar surface area (TPSA) is 64.8 Å². The Labute approximate surface area is 163 Å². The molecule has 0 saturated heterocycles. The average molecular weight is 374 g/mol. The van der Waals surface area contributed by atoms with Gasteiger partial charge in [0.2, 0.25) is 0 Å². The Balaban J connectivity index is 0.